The summed E-state index contributed by atoms with van der Waals surface area (Å²) in [7, 11) is 0. The summed E-state index contributed by atoms with van der Waals surface area (Å²) in [4.78, 5) is 11.7. The van der Waals surface area contributed by atoms with Crippen molar-refractivity contribution in [2.45, 2.75) is 31.6 Å². The lowest BCUT2D eigenvalue weighted by Crippen LogP contribution is -2.47. The average molecular weight is 480 g/mol. The third kappa shape index (κ3) is 4.06. The zero-order chi connectivity index (χ0) is 21.7. The van der Waals surface area contributed by atoms with Crippen molar-refractivity contribution in [3.8, 4) is 0 Å². The molecule has 2 aromatic rings. The Labute approximate surface area is 170 Å². The number of nitro groups is 1. The predicted molar refractivity (Wildman–Crippen MR) is 99.3 cm³/mol. The van der Waals surface area contributed by atoms with E-state index in [1.807, 2.05) is 0 Å². The van der Waals surface area contributed by atoms with Crippen LogP contribution < -0.4 is 5.73 Å². The van der Waals surface area contributed by atoms with Crippen molar-refractivity contribution >= 4 is 27.3 Å². The normalized spacial score (nSPS) is 19.8. The molecule has 156 valence electrons. The number of benzene rings is 2. The molecule has 0 saturated heterocycles. The standard InChI is InChI=1S/C18H15BrF5N3O2/c1-8-4-11-10(2-3-14(25)16(11)27(28)29)17(26(8)7-18(22,23)24)15-12(20)5-9(19)6-13(15)21/h2-3,5-6,8,17H,4,7,25H2,1H3/t8-,17+/m1/s1. The van der Waals surface area contributed by atoms with Gasteiger partial charge in [-0.25, -0.2) is 8.78 Å². The van der Waals surface area contributed by atoms with Crippen LogP contribution in [0.5, 0.6) is 0 Å². The highest BCUT2D eigenvalue weighted by Gasteiger charge is 2.44. The summed E-state index contributed by atoms with van der Waals surface area (Å²) >= 11 is 2.94. The van der Waals surface area contributed by atoms with Crippen LogP contribution in [0.1, 0.15) is 29.7 Å². The van der Waals surface area contributed by atoms with Crippen molar-refractivity contribution in [2.24, 2.45) is 0 Å². The highest BCUT2D eigenvalue weighted by Crippen LogP contribution is 2.45. The fourth-order valence-corrected chi connectivity index (χ4v) is 4.19. The molecular formula is C18H15BrF5N3O2. The number of alkyl halides is 3. The lowest BCUT2D eigenvalue weighted by Gasteiger charge is -2.42. The summed E-state index contributed by atoms with van der Waals surface area (Å²) in [5, 5.41) is 11.5. The number of hydrogen-bond donors (Lipinski definition) is 1. The minimum atomic E-state index is -4.65. The van der Waals surface area contributed by atoms with E-state index < -0.39 is 52.6 Å². The smallest absolute Gasteiger partial charge is 0.393 e. The molecule has 5 nitrogen and oxygen atoms in total. The molecule has 1 aliphatic heterocycles. The van der Waals surface area contributed by atoms with Crippen molar-refractivity contribution < 1.29 is 26.9 Å². The van der Waals surface area contributed by atoms with Gasteiger partial charge in [0.2, 0.25) is 0 Å². The first kappa shape index (κ1) is 21.4. The van der Waals surface area contributed by atoms with Crippen molar-refractivity contribution in [3.63, 3.8) is 0 Å². The second kappa shape index (κ2) is 7.52. The Kier molecular flexibility index (Phi) is 5.56. The highest BCUT2D eigenvalue weighted by atomic mass is 79.9. The summed E-state index contributed by atoms with van der Waals surface area (Å²) in [5.74, 6) is -2.12. The number of fused-ring (bicyclic) bond motifs is 1. The van der Waals surface area contributed by atoms with Crippen molar-refractivity contribution in [3.05, 3.63) is 67.2 Å². The Bertz CT molecular complexity index is 960. The van der Waals surface area contributed by atoms with Crippen LogP contribution in [-0.2, 0) is 6.42 Å². The Hall–Kier alpha value is -2.27. The van der Waals surface area contributed by atoms with Crippen LogP contribution in [0.2, 0.25) is 0 Å². The number of anilines is 1. The molecule has 0 unspecified atom stereocenters. The molecule has 3 rings (SSSR count). The second-order valence-corrected chi connectivity index (χ2v) is 7.77. The molecule has 0 radical (unpaired) electrons. The van der Waals surface area contributed by atoms with Crippen LogP contribution in [0, 0.1) is 21.7 Å². The van der Waals surface area contributed by atoms with E-state index in [1.54, 1.807) is 0 Å². The van der Waals surface area contributed by atoms with E-state index in [1.165, 1.54) is 19.1 Å². The van der Waals surface area contributed by atoms with Crippen LogP contribution in [0.15, 0.2) is 28.7 Å². The van der Waals surface area contributed by atoms with Crippen LogP contribution in [0.3, 0.4) is 0 Å². The number of rotatable bonds is 3. The molecule has 29 heavy (non-hydrogen) atoms. The van der Waals surface area contributed by atoms with E-state index in [9.17, 15) is 32.1 Å². The van der Waals surface area contributed by atoms with Gasteiger partial charge >= 0.3 is 6.18 Å². The molecule has 2 aromatic carbocycles. The molecule has 0 amide bonds. The first-order valence-corrected chi connectivity index (χ1v) is 9.22. The number of nitro benzene ring substituents is 1. The SMILES string of the molecule is C[C@@H]1Cc2c(ccc(N)c2[N+](=O)[O-])[C@@H](c2c(F)cc(Br)cc2F)N1CC(F)(F)F. The highest BCUT2D eigenvalue weighted by molar-refractivity contribution is 9.10. The van der Waals surface area contributed by atoms with Gasteiger partial charge in [-0.2, -0.15) is 13.2 Å². The predicted octanol–water partition coefficient (Wildman–Crippen LogP) is 5.12. The maximum absolute atomic E-state index is 14.7. The molecule has 0 bridgehead atoms. The minimum absolute atomic E-state index is 0.0216. The molecule has 1 aliphatic rings. The molecule has 0 fully saturated rings. The first-order valence-electron chi connectivity index (χ1n) is 8.43. The van der Waals surface area contributed by atoms with Crippen LogP contribution >= 0.6 is 15.9 Å². The van der Waals surface area contributed by atoms with Gasteiger partial charge in [0.15, 0.2) is 0 Å². The fourth-order valence-electron chi connectivity index (χ4n) is 3.79. The van der Waals surface area contributed by atoms with Gasteiger partial charge in [0, 0.05) is 21.6 Å². The zero-order valence-electron chi connectivity index (χ0n) is 14.9. The second-order valence-electron chi connectivity index (χ2n) is 6.85. The zero-order valence-corrected chi connectivity index (χ0v) is 16.5. The summed E-state index contributed by atoms with van der Waals surface area (Å²) in [6, 6.07) is 1.93. The van der Waals surface area contributed by atoms with E-state index in [-0.39, 0.29) is 27.7 Å². The van der Waals surface area contributed by atoms with Gasteiger partial charge < -0.3 is 5.73 Å². The van der Waals surface area contributed by atoms with Gasteiger partial charge in [0.1, 0.15) is 17.3 Å². The molecule has 0 spiro atoms. The van der Waals surface area contributed by atoms with Gasteiger partial charge in [-0.15, -0.1) is 0 Å². The van der Waals surface area contributed by atoms with E-state index in [2.05, 4.69) is 15.9 Å². The third-order valence-electron chi connectivity index (χ3n) is 4.90. The van der Waals surface area contributed by atoms with E-state index >= 15 is 0 Å². The molecule has 2 N–H and O–H groups in total. The maximum atomic E-state index is 14.7. The van der Waals surface area contributed by atoms with Gasteiger partial charge in [0.25, 0.3) is 5.69 Å². The van der Waals surface area contributed by atoms with Crippen LogP contribution in [0.4, 0.5) is 33.3 Å². The Morgan fingerprint density at radius 1 is 1.28 bits per heavy atom. The number of nitrogens with zero attached hydrogens (tertiary/aromatic N) is 2. The average Bonchev–Trinajstić information content (AvgIpc) is 2.55. The molecule has 11 heteroatoms. The molecule has 1 heterocycles. The van der Waals surface area contributed by atoms with E-state index in [0.717, 1.165) is 17.0 Å². The quantitative estimate of drug-likeness (QED) is 0.287. The van der Waals surface area contributed by atoms with Crippen molar-refractivity contribution in [2.75, 3.05) is 12.3 Å². The van der Waals surface area contributed by atoms with Gasteiger partial charge in [0.05, 0.1) is 17.5 Å². The monoisotopic (exact) mass is 479 g/mol. The van der Waals surface area contributed by atoms with Crippen LogP contribution in [0.25, 0.3) is 0 Å². The van der Waals surface area contributed by atoms with E-state index in [4.69, 9.17) is 5.73 Å². The number of nitrogen functional groups attached to an aromatic ring is 1. The molecule has 2 atom stereocenters. The molecular weight excluding hydrogens is 465 g/mol. The topological polar surface area (TPSA) is 72.4 Å². The summed E-state index contributed by atoms with van der Waals surface area (Å²) in [6.07, 6.45) is -4.77. The number of halogens is 6. The lowest BCUT2D eigenvalue weighted by atomic mass is 9.83. The third-order valence-corrected chi connectivity index (χ3v) is 5.36. The Balaban J connectivity index is 2.32. The van der Waals surface area contributed by atoms with Crippen molar-refractivity contribution in [1.29, 1.82) is 0 Å². The summed E-state index contributed by atoms with van der Waals surface area (Å²) < 4.78 is 69.3. The number of hydrogen-bond acceptors (Lipinski definition) is 4. The van der Waals surface area contributed by atoms with Crippen LogP contribution in [-0.4, -0.2) is 28.6 Å². The Morgan fingerprint density at radius 2 is 1.86 bits per heavy atom. The number of nitrogens with two attached hydrogens (primary N) is 1. The fraction of sp³-hybridized carbons (Fsp3) is 0.333. The van der Waals surface area contributed by atoms with Gasteiger partial charge in [-0.05, 0) is 37.1 Å². The summed E-state index contributed by atoms with van der Waals surface area (Å²) in [6.45, 7) is -0.0192. The maximum Gasteiger partial charge on any atom is 0.401 e. The minimum Gasteiger partial charge on any atom is -0.393 e. The van der Waals surface area contributed by atoms with E-state index in [0.29, 0.717) is 0 Å². The Morgan fingerprint density at radius 3 is 2.38 bits per heavy atom. The molecule has 0 aliphatic carbocycles. The lowest BCUT2D eigenvalue weighted by molar-refractivity contribution is -0.384. The largest absolute Gasteiger partial charge is 0.401 e. The molecule has 0 aromatic heterocycles. The van der Waals surface area contributed by atoms with Crippen molar-refractivity contribution in [1.82, 2.24) is 4.90 Å². The van der Waals surface area contributed by atoms with Gasteiger partial charge in [-0.1, -0.05) is 22.0 Å². The first-order chi connectivity index (χ1) is 13.4. The molecule has 0 saturated carbocycles. The van der Waals surface area contributed by atoms with Gasteiger partial charge in [-0.3, -0.25) is 15.0 Å². The summed E-state index contributed by atoms with van der Waals surface area (Å²) in [5.41, 5.74) is 4.57.